The Morgan fingerprint density at radius 3 is 1.70 bits per heavy atom. The van der Waals surface area contributed by atoms with Gasteiger partial charge < -0.3 is 14.2 Å². The summed E-state index contributed by atoms with van der Waals surface area (Å²) in [6.07, 6.45) is 4.36. The first-order chi connectivity index (χ1) is 9.81. The highest BCUT2D eigenvalue weighted by Crippen LogP contribution is 2.29. The van der Waals surface area contributed by atoms with Crippen molar-refractivity contribution in [2.45, 2.75) is 43.3 Å². The third kappa shape index (κ3) is 3.19. The second-order valence-corrected chi connectivity index (χ2v) is 6.35. The average Bonchev–Trinajstić information content (AvgIpc) is 3.22. The van der Waals surface area contributed by atoms with Crippen molar-refractivity contribution in [1.82, 2.24) is 0 Å². The molecule has 20 heavy (non-hydrogen) atoms. The smallest absolute Gasteiger partial charge is 0.0850 e. The summed E-state index contributed by atoms with van der Waals surface area (Å²) in [6.45, 7) is 2.72. The second-order valence-electron chi connectivity index (χ2n) is 6.03. The standard InChI is InChI=1S/C16H20O3S/c20-9-16-11(4-14-7-18-14)1-10(3-13-6-17-13)2-12(16)5-15-8-19-15/h1-2,13-15,20H,3-9H2. The minimum absolute atomic E-state index is 0.422. The largest absolute Gasteiger partial charge is 0.373 e. The first kappa shape index (κ1) is 13.1. The Balaban J connectivity index is 1.64. The summed E-state index contributed by atoms with van der Waals surface area (Å²) < 4.78 is 16.2. The van der Waals surface area contributed by atoms with Gasteiger partial charge in [-0.3, -0.25) is 0 Å². The monoisotopic (exact) mass is 292 g/mol. The summed E-state index contributed by atoms with van der Waals surface area (Å²) in [4.78, 5) is 0. The zero-order valence-corrected chi connectivity index (χ0v) is 12.4. The fraction of sp³-hybridized carbons (Fsp3) is 0.625. The molecule has 0 bridgehead atoms. The number of ether oxygens (including phenoxy) is 3. The molecular formula is C16H20O3S. The highest BCUT2D eigenvalue weighted by molar-refractivity contribution is 7.79. The molecule has 3 nitrogen and oxygen atoms in total. The van der Waals surface area contributed by atoms with E-state index in [4.69, 9.17) is 14.2 Å². The molecule has 3 unspecified atom stereocenters. The van der Waals surface area contributed by atoms with E-state index in [1.54, 1.807) is 0 Å². The molecular weight excluding hydrogens is 272 g/mol. The molecule has 4 heteroatoms. The lowest BCUT2D eigenvalue weighted by Gasteiger charge is -2.15. The Labute approximate surface area is 125 Å². The van der Waals surface area contributed by atoms with Crippen molar-refractivity contribution in [3.8, 4) is 0 Å². The number of epoxide rings is 3. The quantitative estimate of drug-likeness (QED) is 0.616. The van der Waals surface area contributed by atoms with Crippen LogP contribution in [-0.4, -0.2) is 38.1 Å². The Morgan fingerprint density at radius 1 is 0.850 bits per heavy atom. The van der Waals surface area contributed by atoms with Crippen LogP contribution in [0.4, 0.5) is 0 Å². The van der Waals surface area contributed by atoms with Crippen LogP contribution in [0.15, 0.2) is 12.1 Å². The highest BCUT2D eigenvalue weighted by Gasteiger charge is 2.29. The van der Waals surface area contributed by atoms with Gasteiger partial charge in [-0.05, 0) is 22.3 Å². The number of rotatable bonds is 7. The Bertz CT molecular complexity index is 469. The predicted molar refractivity (Wildman–Crippen MR) is 79.5 cm³/mol. The summed E-state index contributed by atoms with van der Waals surface area (Å²) in [5, 5.41) is 0. The third-order valence-corrected chi connectivity index (χ3v) is 4.53. The number of hydrogen-bond donors (Lipinski definition) is 1. The van der Waals surface area contributed by atoms with Crippen molar-refractivity contribution in [2.75, 3.05) is 19.8 Å². The summed E-state index contributed by atoms with van der Waals surface area (Å²) >= 11 is 4.55. The summed E-state index contributed by atoms with van der Waals surface area (Å²) in [5.74, 6) is 0.796. The first-order valence-electron chi connectivity index (χ1n) is 7.41. The van der Waals surface area contributed by atoms with Gasteiger partial charge in [-0.2, -0.15) is 12.6 Å². The SMILES string of the molecule is SCc1c(CC2CO2)cc(CC2CO2)cc1CC1CO1. The summed E-state index contributed by atoms with van der Waals surface area (Å²) in [6, 6.07) is 4.68. The fourth-order valence-electron chi connectivity index (χ4n) is 2.87. The van der Waals surface area contributed by atoms with Crippen LogP contribution in [0.1, 0.15) is 22.3 Å². The molecule has 3 heterocycles. The lowest BCUT2D eigenvalue weighted by atomic mass is 9.92. The molecule has 3 atom stereocenters. The molecule has 0 radical (unpaired) electrons. The Hall–Kier alpha value is -0.550. The van der Waals surface area contributed by atoms with Gasteiger partial charge >= 0.3 is 0 Å². The summed E-state index contributed by atoms with van der Waals surface area (Å²) in [5.41, 5.74) is 5.61. The maximum atomic E-state index is 5.40. The molecule has 0 aromatic heterocycles. The van der Waals surface area contributed by atoms with Crippen LogP contribution >= 0.6 is 12.6 Å². The predicted octanol–water partition coefficient (Wildman–Crippen LogP) is 1.94. The van der Waals surface area contributed by atoms with Crippen molar-refractivity contribution in [1.29, 1.82) is 0 Å². The fourth-order valence-corrected chi connectivity index (χ4v) is 3.27. The van der Waals surface area contributed by atoms with E-state index in [9.17, 15) is 0 Å². The van der Waals surface area contributed by atoms with Gasteiger partial charge in [-0.15, -0.1) is 0 Å². The van der Waals surface area contributed by atoms with Gasteiger partial charge in [0.2, 0.25) is 0 Å². The van der Waals surface area contributed by atoms with Crippen LogP contribution in [0, 0.1) is 0 Å². The maximum Gasteiger partial charge on any atom is 0.0850 e. The van der Waals surface area contributed by atoms with Gasteiger partial charge in [0.1, 0.15) is 0 Å². The van der Waals surface area contributed by atoms with E-state index < -0.39 is 0 Å². The van der Waals surface area contributed by atoms with Crippen LogP contribution in [0.2, 0.25) is 0 Å². The lowest BCUT2D eigenvalue weighted by molar-refractivity contribution is 0.404. The van der Waals surface area contributed by atoms with E-state index >= 15 is 0 Å². The van der Waals surface area contributed by atoms with Gasteiger partial charge in [0.05, 0.1) is 38.1 Å². The van der Waals surface area contributed by atoms with Crippen LogP contribution in [0.25, 0.3) is 0 Å². The molecule has 1 aromatic rings. The van der Waals surface area contributed by atoms with Crippen molar-refractivity contribution in [2.24, 2.45) is 0 Å². The summed E-state index contributed by atoms with van der Waals surface area (Å²) in [7, 11) is 0. The van der Waals surface area contributed by atoms with E-state index in [0.29, 0.717) is 18.3 Å². The van der Waals surface area contributed by atoms with E-state index in [1.165, 1.54) is 22.3 Å². The molecule has 3 aliphatic rings. The van der Waals surface area contributed by atoms with Gasteiger partial charge in [0, 0.05) is 25.0 Å². The van der Waals surface area contributed by atoms with Crippen molar-refractivity contribution in [3.63, 3.8) is 0 Å². The van der Waals surface area contributed by atoms with E-state index in [1.807, 2.05) is 0 Å². The van der Waals surface area contributed by atoms with Crippen LogP contribution in [0.5, 0.6) is 0 Å². The Kier molecular flexibility index (Phi) is 3.50. The first-order valence-corrected chi connectivity index (χ1v) is 8.04. The third-order valence-electron chi connectivity index (χ3n) is 4.22. The zero-order chi connectivity index (χ0) is 13.5. The molecule has 0 aliphatic carbocycles. The van der Waals surface area contributed by atoms with Crippen molar-refractivity contribution >= 4 is 12.6 Å². The Morgan fingerprint density at radius 2 is 1.30 bits per heavy atom. The van der Waals surface area contributed by atoms with Crippen LogP contribution in [0.3, 0.4) is 0 Å². The molecule has 0 amide bonds. The van der Waals surface area contributed by atoms with Gasteiger partial charge in [0.15, 0.2) is 0 Å². The minimum atomic E-state index is 0.422. The van der Waals surface area contributed by atoms with E-state index in [2.05, 4.69) is 24.8 Å². The highest BCUT2D eigenvalue weighted by atomic mass is 32.1. The molecule has 4 rings (SSSR count). The number of benzene rings is 1. The molecule has 1 aromatic carbocycles. The van der Waals surface area contributed by atoms with Gasteiger partial charge in [-0.1, -0.05) is 12.1 Å². The molecule has 0 spiro atoms. The maximum absolute atomic E-state index is 5.40. The van der Waals surface area contributed by atoms with E-state index in [0.717, 1.165) is 44.8 Å². The minimum Gasteiger partial charge on any atom is -0.373 e. The van der Waals surface area contributed by atoms with Crippen LogP contribution < -0.4 is 0 Å². The average molecular weight is 292 g/mol. The number of hydrogen-bond acceptors (Lipinski definition) is 4. The second kappa shape index (κ2) is 5.34. The molecule has 3 saturated heterocycles. The molecule has 0 N–H and O–H groups in total. The lowest BCUT2D eigenvalue weighted by Crippen LogP contribution is -2.07. The van der Waals surface area contributed by atoms with E-state index in [-0.39, 0.29) is 0 Å². The molecule has 108 valence electrons. The van der Waals surface area contributed by atoms with Crippen LogP contribution in [-0.2, 0) is 39.2 Å². The van der Waals surface area contributed by atoms with Gasteiger partial charge in [-0.25, -0.2) is 0 Å². The molecule has 3 fully saturated rings. The van der Waals surface area contributed by atoms with Gasteiger partial charge in [0.25, 0.3) is 0 Å². The van der Waals surface area contributed by atoms with Crippen molar-refractivity contribution in [3.05, 3.63) is 34.4 Å². The van der Waals surface area contributed by atoms with Crippen molar-refractivity contribution < 1.29 is 14.2 Å². The topological polar surface area (TPSA) is 37.6 Å². The normalized spacial score (nSPS) is 30.4. The number of thiol groups is 1. The zero-order valence-electron chi connectivity index (χ0n) is 11.5. The molecule has 0 saturated carbocycles. The molecule has 3 aliphatic heterocycles.